The average molecular weight is 327 g/mol. The number of amides is 2. The lowest BCUT2D eigenvalue weighted by molar-refractivity contribution is -0.305. The summed E-state index contributed by atoms with van der Waals surface area (Å²) in [6, 6.07) is 6.60. The molecule has 0 aliphatic carbocycles. The van der Waals surface area contributed by atoms with Gasteiger partial charge in [-0.05, 0) is 19.1 Å². The molecule has 1 aliphatic rings. The first-order valence-electron chi connectivity index (χ1n) is 6.76. The normalized spacial score (nSPS) is 15.9. The topological polar surface area (TPSA) is 90.4 Å². The van der Waals surface area contributed by atoms with Crippen molar-refractivity contribution in [2.45, 2.75) is 6.92 Å². The number of carboxylic acids is 1. The number of hydrogen-bond donors (Lipinski definition) is 0. The first-order valence-corrected chi connectivity index (χ1v) is 7.64. The van der Waals surface area contributed by atoms with Gasteiger partial charge in [-0.3, -0.25) is 14.5 Å². The van der Waals surface area contributed by atoms with Crippen LogP contribution in [0.25, 0.3) is 11.6 Å². The Morgan fingerprint density at radius 3 is 2.57 bits per heavy atom. The molecule has 2 amide bonds. The molecule has 0 unspecified atom stereocenters. The number of nitrogens with zero attached hydrogens (tertiary/aromatic N) is 2. The molecular weight excluding hydrogens is 316 g/mol. The summed E-state index contributed by atoms with van der Waals surface area (Å²) in [7, 11) is 0. The summed E-state index contributed by atoms with van der Waals surface area (Å²) in [5, 5.41) is 13.5. The third kappa shape index (κ3) is 2.78. The van der Waals surface area contributed by atoms with Gasteiger partial charge < -0.3 is 9.90 Å². The molecule has 2 aromatic rings. The number of aliphatic carboxylic acids is 1. The molecule has 7 heteroatoms. The molecule has 0 saturated carbocycles. The molecule has 0 atom stereocenters. The fourth-order valence-electron chi connectivity index (χ4n) is 2.41. The fourth-order valence-corrected chi connectivity index (χ4v) is 2.98. The van der Waals surface area contributed by atoms with Gasteiger partial charge in [0.15, 0.2) is 0 Å². The number of fused-ring (bicyclic) bond motifs is 1. The number of thiazole rings is 1. The Morgan fingerprint density at radius 1 is 1.26 bits per heavy atom. The van der Waals surface area contributed by atoms with Crippen molar-refractivity contribution in [1.29, 1.82) is 0 Å². The maximum absolute atomic E-state index is 12.6. The second-order valence-electron chi connectivity index (χ2n) is 4.96. The third-order valence-corrected chi connectivity index (χ3v) is 4.18. The number of carbonyl (C=O) groups is 3. The highest BCUT2D eigenvalue weighted by molar-refractivity contribution is 7.09. The van der Waals surface area contributed by atoms with E-state index in [0.717, 1.165) is 5.01 Å². The lowest BCUT2D eigenvalue weighted by Gasteiger charge is -2.28. The maximum Gasteiger partial charge on any atom is 0.261 e. The monoisotopic (exact) mass is 327 g/mol. The molecule has 3 rings (SSSR count). The zero-order chi connectivity index (χ0) is 16.6. The number of imide groups is 1. The summed E-state index contributed by atoms with van der Waals surface area (Å²) in [5.74, 6) is -2.79. The van der Waals surface area contributed by atoms with Crippen molar-refractivity contribution in [1.82, 2.24) is 9.88 Å². The summed E-state index contributed by atoms with van der Waals surface area (Å²) in [4.78, 5) is 40.7. The van der Waals surface area contributed by atoms with E-state index >= 15 is 0 Å². The van der Waals surface area contributed by atoms with Gasteiger partial charge in [-0.2, -0.15) is 0 Å². The van der Waals surface area contributed by atoms with Crippen LogP contribution in [0, 0.1) is 6.92 Å². The van der Waals surface area contributed by atoms with E-state index in [1.165, 1.54) is 11.3 Å². The van der Waals surface area contributed by atoms with E-state index in [-0.39, 0.29) is 11.1 Å². The summed E-state index contributed by atoms with van der Waals surface area (Å²) >= 11 is 1.44. The largest absolute Gasteiger partial charge is 0.548 e. The Balaban J connectivity index is 2.15. The van der Waals surface area contributed by atoms with E-state index in [4.69, 9.17) is 0 Å². The van der Waals surface area contributed by atoms with Crippen molar-refractivity contribution in [2.75, 3.05) is 6.54 Å². The number of hydrogen-bond acceptors (Lipinski definition) is 6. The molecule has 0 bridgehead atoms. The maximum atomic E-state index is 12.6. The molecule has 0 fully saturated rings. The summed E-state index contributed by atoms with van der Waals surface area (Å²) in [6.45, 7) is 1.06. The molecule has 116 valence electrons. The minimum Gasteiger partial charge on any atom is -0.548 e. The molecule has 1 aromatic heterocycles. The van der Waals surface area contributed by atoms with Crippen LogP contribution in [0.1, 0.15) is 26.6 Å². The fraction of sp³-hybridized carbons (Fsp3) is 0.125. The van der Waals surface area contributed by atoms with E-state index in [1.807, 2.05) is 6.92 Å². The second kappa shape index (κ2) is 5.77. The predicted octanol–water partition coefficient (Wildman–Crippen LogP) is 0.724. The van der Waals surface area contributed by atoms with Crippen LogP contribution in [-0.4, -0.2) is 34.2 Å². The Kier molecular flexibility index (Phi) is 3.79. The van der Waals surface area contributed by atoms with E-state index in [1.54, 1.807) is 35.7 Å². The Morgan fingerprint density at radius 2 is 1.96 bits per heavy atom. The minimum atomic E-state index is -1.49. The first-order chi connectivity index (χ1) is 11.0. The number of rotatable bonds is 3. The highest BCUT2D eigenvalue weighted by atomic mass is 32.1. The standard InChI is InChI=1S/C16H12N2O4S/c1-9-17-10(8-23-9)6-13-11-4-2-3-5-12(11)15(21)18(16(13)22)7-14(19)20/h2-6,8H,7H2,1H3,(H,19,20)/p-1/b13-6-. The Bertz CT molecular complexity index is 853. The van der Waals surface area contributed by atoms with Gasteiger partial charge in [0.2, 0.25) is 0 Å². The SMILES string of the molecule is Cc1nc(/C=C2\C(=O)N(CC(=O)[O-])C(=O)c3ccccc32)cs1. The highest BCUT2D eigenvalue weighted by Crippen LogP contribution is 2.30. The number of benzene rings is 1. The van der Waals surface area contributed by atoms with Crippen LogP contribution >= 0.6 is 11.3 Å². The number of carbonyl (C=O) groups excluding carboxylic acids is 3. The number of aromatic nitrogens is 1. The summed E-state index contributed by atoms with van der Waals surface area (Å²) < 4.78 is 0. The van der Waals surface area contributed by atoms with Gasteiger partial charge in [0.1, 0.15) is 0 Å². The highest BCUT2D eigenvalue weighted by Gasteiger charge is 2.34. The van der Waals surface area contributed by atoms with Crippen molar-refractivity contribution in [3.8, 4) is 0 Å². The van der Waals surface area contributed by atoms with E-state index in [2.05, 4.69) is 4.98 Å². The molecule has 0 spiro atoms. The van der Waals surface area contributed by atoms with Crippen molar-refractivity contribution in [3.05, 3.63) is 51.5 Å². The number of aryl methyl sites for hydroxylation is 1. The average Bonchev–Trinajstić information content (AvgIpc) is 2.93. The molecule has 23 heavy (non-hydrogen) atoms. The van der Waals surface area contributed by atoms with Crippen LogP contribution in [-0.2, 0) is 9.59 Å². The lowest BCUT2D eigenvalue weighted by atomic mass is 9.93. The van der Waals surface area contributed by atoms with Crippen LogP contribution < -0.4 is 5.11 Å². The van der Waals surface area contributed by atoms with E-state index < -0.39 is 24.3 Å². The molecule has 0 saturated heterocycles. The van der Waals surface area contributed by atoms with Crippen molar-refractivity contribution < 1.29 is 19.5 Å². The zero-order valence-corrected chi connectivity index (χ0v) is 12.9. The summed E-state index contributed by atoms with van der Waals surface area (Å²) in [5.41, 5.74) is 1.59. The van der Waals surface area contributed by atoms with Crippen LogP contribution in [0.15, 0.2) is 29.6 Å². The van der Waals surface area contributed by atoms with Crippen molar-refractivity contribution in [3.63, 3.8) is 0 Å². The first kappa shape index (κ1) is 15.1. The van der Waals surface area contributed by atoms with Gasteiger partial charge >= 0.3 is 0 Å². The second-order valence-corrected chi connectivity index (χ2v) is 6.03. The molecule has 1 aliphatic heterocycles. The molecule has 0 radical (unpaired) electrons. The zero-order valence-electron chi connectivity index (χ0n) is 12.1. The lowest BCUT2D eigenvalue weighted by Crippen LogP contribution is -2.47. The van der Waals surface area contributed by atoms with Gasteiger partial charge in [0.25, 0.3) is 11.8 Å². The van der Waals surface area contributed by atoms with Crippen LogP contribution in [0.3, 0.4) is 0 Å². The van der Waals surface area contributed by atoms with Gasteiger partial charge in [-0.1, -0.05) is 18.2 Å². The molecule has 2 heterocycles. The van der Waals surface area contributed by atoms with E-state index in [0.29, 0.717) is 16.2 Å². The molecular formula is C16H11N2O4S-. The smallest absolute Gasteiger partial charge is 0.261 e. The quantitative estimate of drug-likeness (QED) is 0.612. The number of carboxylic acid groups (broad SMARTS) is 1. The predicted molar refractivity (Wildman–Crippen MR) is 82.2 cm³/mol. The van der Waals surface area contributed by atoms with Gasteiger partial charge in [-0.25, -0.2) is 4.98 Å². The Labute approximate surface area is 135 Å². The molecule has 0 N–H and O–H groups in total. The van der Waals surface area contributed by atoms with Crippen molar-refractivity contribution >= 4 is 40.8 Å². The van der Waals surface area contributed by atoms with Gasteiger partial charge in [0, 0.05) is 16.5 Å². The Hall–Kier alpha value is -2.80. The summed E-state index contributed by atoms with van der Waals surface area (Å²) in [6.07, 6.45) is 1.57. The van der Waals surface area contributed by atoms with Gasteiger partial charge in [0.05, 0.1) is 28.8 Å². The minimum absolute atomic E-state index is 0.242. The van der Waals surface area contributed by atoms with Crippen LogP contribution in [0.4, 0.5) is 0 Å². The van der Waals surface area contributed by atoms with Crippen LogP contribution in [0.5, 0.6) is 0 Å². The van der Waals surface area contributed by atoms with Crippen LogP contribution in [0.2, 0.25) is 0 Å². The van der Waals surface area contributed by atoms with Crippen molar-refractivity contribution in [2.24, 2.45) is 0 Å². The third-order valence-electron chi connectivity index (χ3n) is 3.38. The molecule has 1 aromatic carbocycles. The molecule has 6 nitrogen and oxygen atoms in total. The van der Waals surface area contributed by atoms with Gasteiger partial charge in [-0.15, -0.1) is 11.3 Å². The van der Waals surface area contributed by atoms with E-state index in [9.17, 15) is 19.5 Å².